The number of rotatable bonds is 7. The minimum Gasteiger partial charge on any atom is -0.493 e. The minimum atomic E-state index is 0.228. The van der Waals surface area contributed by atoms with E-state index in [0.717, 1.165) is 18.2 Å². The van der Waals surface area contributed by atoms with Crippen LogP contribution in [0.15, 0.2) is 12.1 Å². The fraction of sp³-hybridized carbons (Fsp3) is 0.714. The van der Waals surface area contributed by atoms with Gasteiger partial charge in [-0.2, -0.15) is 0 Å². The van der Waals surface area contributed by atoms with Crippen LogP contribution in [0.5, 0.6) is 5.75 Å². The first kappa shape index (κ1) is 18.7. The maximum absolute atomic E-state index is 9.03. The van der Waals surface area contributed by atoms with Gasteiger partial charge >= 0.3 is 0 Å². The molecule has 0 aliphatic carbocycles. The van der Waals surface area contributed by atoms with Crippen LogP contribution in [0.3, 0.4) is 0 Å². The highest BCUT2D eigenvalue weighted by atomic mass is 16.5. The predicted octanol–water partition coefficient (Wildman–Crippen LogP) is 3.15. The van der Waals surface area contributed by atoms with Gasteiger partial charge in [-0.1, -0.05) is 13.0 Å². The van der Waals surface area contributed by atoms with Gasteiger partial charge in [-0.3, -0.25) is 4.90 Å². The summed E-state index contributed by atoms with van der Waals surface area (Å²) in [7, 11) is 2.26. The maximum Gasteiger partial charge on any atom is 0.122 e. The molecule has 2 bridgehead atoms. The van der Waals surface area contributed by atoms with Crippen molar-refractivity contribution in [1.29, 1.82) is 0 Å². The van der Waals surface area contributed by atoms with E-state index in [1.165, 1.54) is 36.2 Å². The molecule has 3 rings (SSSR count). The van der Waals surface area contributed by atoms with E-state index in [1.807, 2.05) is 0 Å². The fourth-order valence-corrected chi connectivity index (χ4v) is 4.51. The van der Waals surface area contributed by atoms with Crippen LogP contribution in [0.2, 0.25) is 0 Å². The fourth-order valence-electron chi connectivity index (χ4n) is 4.51. The number of fused-ring (bicyclic) bond motifs is 2. The number of aliphatic hydroxyl groups excluding tert-OH is 1. The Morgan fingerprint density at radius 1 is 1.16 bits per heavy atom. The van der Waals surface area contributed by atoms with Gasteiger partial charge in [-0.05, 0) is 69.3 Å². The number of piperazine rings is 1. The lowest BCUT2D eigenvalue weighted by Crippen LogP contribution is -2.45. The lowest BCUT2D eigenvalue weighted by Gasteiger charge is -2.37. The van der Waals surface area contributed by atoms with Crippen LogP contribution < -0.4 is 4.74 Å². The molecule has 1 N–H and O–H groups in total. The van der Waals surface area contributed by atoms with Crippen molar-refractivity contribution < 1.29 is 9.84 Å². The zero-order chi connectivity index (χ0) is 18.1. The smallest absolute Gasteiger partial charge is 0.122 e. The van der Waals surface area contributed by atoms with Crippen LogP contribution in [0.1, 0.15) is 49.4 Å². The second-order valence-corrected chi connectivity index (χ2v) is 8.19. The molecule has 0 radical (unpaired) electrons. The third kappa shape index (κ3) is 3.71. The molecule has 4 atom stereocenters. The molecule has 2 fully saturated rings. The quantitative estimate of drug-likeness (QED) is 0.823. The van der Waals surface area contributed by atoms with Crippen LogP contribution in [0.4, 0.5) is 0 Å². The molecule has 2 aliphatic rings. The van der Waals surface area contributed by atoms with Crippen molar-refractivity contribution >= 4 is 0 Å². The van der Waals surface area contributed by atoms with Gasteiger partial charge in [0.1, 0.15) is 5.75 Å². The van der Waals surface area contributed by atoms with Crippen molar-refractivity contribution in [3.63, 3.8) is 0 Å². The summed E-state index contributed by atoms with van der Waals surface area (Å²) < 4.78 is 6.02. The molecule has 1 aromatic rings. The Hall–Kier alpha value is -1.10. The summed E-state index contributed by atoms with van der Waals surface area (Å²) in [5, 5.41) is 9.03. The zero-order valence-corrected chi connectivity index (χ0v) is 16.5. The predicted molar refractivity (Wildman–Crippen MR) is 102 cm³/mol. The first-order chi connectivity index (χ1) is 11.9. The van der Waals surface area contributed by atoms with E-state index in [-0.39, 0.29) is 6.61 Å². The highest BCUT2D eigenvalue weighted by Gasteiger charge is 2.43. The van der Waals surface area contributed by atoms with Gasteiger partial charge < -0.3 is 14.7 Å². The van der Waals surface area contributed by atoms with Crippen molar-refractivity contribution in [2.24, 2.45) is 5.92 Å². The Kier molecular flexibility index (Phi) is 5.71. The Morgan fingerprint density at radius 3 is 2.52 bits per heavy atom. The molecule has 4 nitrogen and oxygen atoms in total. The number of benzene rings is 1. The molecule has 2 heterocycles. The normalized spacial score (nSPS) is 26.2. The van der Waals surface area contributed by atoms with Crippen molar-refractivity contribution in [2.75, 3.05) is 33.4 Å². The van der Waals surface area contributed by atoms with Gasteiger partial charge in [-0.15, -0.1) is 0 Å². The SMILES string of the molecule is Cc1c(OCC(C)CCO)ccc([C@H](C)N2CC3CC2CN3C)c1C. The molecule has 4 heteroatoms. The molecule has 140 valence electrons. The van der Waals surface area contributed by atoms with Gasteiger partial charge in [0.15, 0.2) is 0 Å². The van der Waals surface area contributed by atoms with Gasteiger partial charge in [-0.25, -0.2) is 0 Å². The number of ether oxygens (including phenoxy) is 1. The molecule has 1 aromatic carbocycles. The molecule has 2 aliphatic heterocycles. The number of hydrogen-bond donors (Lipinski definition) is 1. The molecule has 0 amide bonds. The molecule has 25 heavy (non-hydrogen) atoms. The molecule has 2 saturated heterocycles. The van der Waals surface area contributed by atoms with Crippen LogP contribution >= 0.6 is 0 Å². The summed E-state index contributed by atoms with van der Waals surface area (Å²) >= 11 is 0. The van der Waals surface area contributed by atoms with Crippen molar-refractivity contribution in [3.8, 4) is 5.75 Å². The average molecular weight is 347 g/mol. The molecule has 3 unspecified atom stereocenters. The molecular formula is C21H34N2O2. The Bertz CT molecular complexity index is 602. The first-order valence-corrected chi connectivity index (χ1v) is 9.72. The first-order valence-electron chi connectivity index (χ1n) is 9.72. The molecular weight excluding hydrogens is 312 g/mol. The number of hydrogen-bond acceptors (Lipinski definition) is 4. The van der Waals surface area contributed by atoms with Gasteiger partial charge in [0.25, 0.3) is 0 Å². The number of likely N-dealkylation sites (N-methyl/N-ethyl adjacent to an activating group) is 1. The highest BCUT2D eigenvalue weighted by molar-refractivity contribution is 5.45. The zero-order valence-electron chi connectivity index (χ0n) is 16.5. The summed E-state index contributed by atoms with van der Waals surface area (Å²) in [5.74, 6) is 1.36. The van der Waals surface area contributed by atoms with E-state index in [1.54, 1.807) is 0 Å². The van der Waals surface area contributed by atoms with Gasteiger partial charge in [0.05, 0.1) is 6.61 Å². The average Bonchev–Trinajstić information content (AvgIpc) is 3.15. The van der Waals surface area contributed by atoms with E-state index < -0.39 is 0 Å². The van der Waals surface area contributed by atoms with Crippen molar-refractivity contribution in [2.45, 2.75) is 58.7 Å². The van der Waals surface area contributed by atoms with Crippen LogP contribution in [-0.2, 0) is 0 Å². The van der Waals surface area contributed by atoms with E-state index in [0.29, 0.717) is 24.6 Å². The highest BCUT2D eigenvalue weighted by Crippen LogP contribution is 2.38. The summed E-state index contributed by atoms with van der Waals surface area (Å²) in [6.07, 6.45) is 2.11. The van der Waals surface area contributed by atoms with Crippen LogP contribution in [0.25, 0.3) is 0 Å². The van der Waals surface area contributed by atoms with Gasteiger partial charge in [0, 0.05) is 37.8 Å². The third-order valence-electron chi connectivity index (χ3n) is 6.43. The lowest BCUT2D eigenvalue weighted by molar-refractivity contribution is 0.113. The molecule has 0 saturated carbocycles. The summed E-state index contributed by atoms with van der Waals surface area (Å²) in [4.78, 5) is 5.20. The van der Waals surface area contributed by atoms with E-state index >= 15 is 0 Å². The van der Waals surface area contributed by atoms with E-state index in [2.05, 4.69) is 56.7 Å². The van der Waals surface area contributed by atoms with Gasteiger partial charge in [0.2, 0.25) is 0 Å². The van der Waals surface area contributed by atoms with Crippen molar-refractivity contribution in [1.82, 2.24) is 9.80 Å². The number of likely N-dealkylation sites (tertiary alicyclic amines) is 2. The summed E-state index contributed by atoms with van der Waals surface area (Å²) in [5.41, 5.74) is 4.04. The molecule has 0 spiro atoms. The minimum absolute atomic E-state index is 0.228. The van der Waals surface area contributed by atoms with Crippen LogP contribution in [-0.4, -0.2) is 60.3 Å². The van der Waals surface area contributed by atoms with E-state index in [4.69, 9.17) is 9.84 Å². The largest absolute Gasteiger partial charge is 0.493 e. The number of nitrogens with zero attached hydrogens (tertiary/aromatic N) is 2. The number of aliphatic hydroxyl groups is 1. The monoisotopic (exact) mass is 346 g/mol. The topological polar surface area (TPSA) is 35.9 Å². The lowest BCUT2D eigenvalue weighted by atomic mass is 9.96. The third-order valence-corrected chi connectivity index (χ3v) is 6.43. The standard InChI is InChI=1S/C21H34N2O2/c1-14(8-9-24)13-25-21-7-6-20(15(2)16(21)3)17(4)23-12-18-10-19(23)11-22(18)5/h6-7,14,17-19,24H,8-13H2,1-5H3/t14?,17-,18?,19?/m0/s1. The Morgan fingerprint density at radius 2 is 1.92 bits per heavy atom. The molecule has 0 aromatic heterocycles. The summed E-state index contributed by atoms with van der Waals surface area (Å²) in [6, 6.07) is 6.31. The Balaban J connectivity index is 1.70. The summed E-state index contributed by atoms with van der Waals surface area (Å²) in [6.45, 7) is 12.2. The Labute approximate surface area is 152 Å². The second kappa shape index (κ2) is 7.65. The second-order valence-electron chi connectivity index (χ2n) is 8.19. The maximum atomic E-state index is 9.03. The van der Waals surface area contributed by atoms with Crippen LogP contribution in [0, 0.1) is 19.8 Å². The van der Waals surface area contributed by atoms with Crippen molar-refractivity contribution in [3.05, 3.63) is 28.8 Å². The van der Waals surface area contributed by atoms with E-state index in [9.17, 15) is 0 Å².